The van der Waals surface area contributed by atoms with Crippen molar-refractivity contribution in [2.75, 3.05) is 11.5 Å². The highest BCUT2D eigenvalue weighted by atomic mass is 15.2. The Labute approximate surface area is 116 Å². The van der Waals surface area contributed by atoms with E-state index in [4.69, 9.17) is 11.5 Å². The van der Waals surface area contributed by atoms with Crippen LogP contribution in [0.15, 0.2) is 48.5 Å². The third kappa shape index (κ3) is 2.61. The van der Waals surface area contributed by atoms with Crippen molar-refractivity contribution < 1.29 is 0 Å². The van der Waals surface area contributed by atoms with Gasteiger partial charge in [-0.25, -0.2) is 4.98 Å². The number of nitrogens with one attached hydrogen (secondary N) is 1. The quantitative estimate of drug-likeness (QED) is 0.633. The minimum atomic E-state index is 0.655. The fourth-order valence-corrected chi connectivity index (χ4v) is 2.01. The normalized spacial score (nSPS) is 10.6. The van der Waals surface area contributed by atoms with Gasteiger partial charge in [-0.15, -0.1) is 0 Å². The number of nitrogen functional groups attached to an aromatic ring is 2. The van der Waals surface area contributed by atoms with E-state index in [-0.39, 0.29) is 0 Å². The minimum absolute atomic E-state index is 0.655. The summed E-state index contributed by atoms with van der Waals surface area (Å²) >= 11 is 0. The van der Waals surface area contributed by atoms with Crippen molar-refractivity contribution in [2.45, 2.75) is 6.42 Å². The van der Waals surface area contributed by atoms with E-state index < -0.39 is 0 Å². The van der Waals surface area contributed by atoms with E-state index >= 15 is 0 Å². The molecule has 3 rings (SSSR count). The van der Waals surface area contributed by atoms with Crippen LogP contribution in [0.4, 0.5) is 11.4 Å². The lowest BCUT2D eigenvalue weighted by molar-refractivity contribution is 0.973. The number of benzene rings is 2. The Bertz CT molecular complexity index is 715. The fraction of sp³-hybridized carbons (Fsp3) is 0.0667. The Morgan fingerprint density at radius 2 is 1.75 bits per heavy atom. The summed E-state index contributed by atoms with van der Waals surface area (Å²) < 4.78 is 0. The first kappa shape index (κ1) is 12.2. The van der Waals surface area contributed by atoms with E-state index in [0.29, 0.717) is 17.9 Å². The van der Waals surface area contributed by atoms with Crippen LogP contribution >= 0.6 is 0 Å². The highest BCUT2D eigenvalue weighted by molar-refractivity contribution is 5.60. The number of anilines is 2. The summed E-state index contributed by atoms with van der Waals surface area (Å²) in [6, 6.07) is 15.2. The molecule has 20 heavy (non-hydrogen) atoms. The van der Waals surface area contributed by atoms with Crippen LogP contribution in [0.1, 0.15) is 11.4 Å². The van der Waals surface area contributed by atoms with Crippen LogP contribution in [0.25, 0.3) is 11.4 Å². The monoisotopic (exact) mass is 265 g/mol. The molecule has 0 radical (unpaired) electrons. The number of H-pyrrole nitrogens is 1. The van der Waals surface area contributed by atoms with E-state index in [1.165, 1.54) is 0 Å². The topological polar surface area (TPSA) is 93.6 Å². The molecule has 0 saturated carbocycles. The predicted octanol–water partition coefficient (Wildman–Crippen LogP) is 2.23. The van der Waals surface area contributed by atoms with Crippen molar-refractivity contribution in [1.29, 1.82) is 0 Å². The first-order chi connectivity index (χ1) is 9.70. The summed E-state index contributed by atoms with van der Waals surface area (Å²) in [4.78, 5) is 4.49. The van der Waals surface area contributed by atoms with Crippen molar-refractivity contribution in [3.63, 3.8) is 0 Å². The molecule has 0 bridgehead atoms. The van der Waals surface area contributed by atoms with Crippen LogP contribution in [-0.2, 0) is 6.42 Å². The Hall–Kier alpha value is -2.82. The summed E-state index contributed by atoms with van der Waals surface area (Å²) in [7, 11) is 0. The molecule has 0 amide bonds. The zero-order valence-electron chi connectivity index (χ0n) is 10.9. The highest BCUT2D eigenvalue weighted by Gasteiger charge is 2.06. The Balaban J connectivity index is 1.82. The second-order valence-electron chi connectivity index (χ2n) is 4.65. The van der Waals surface area contributed by atoms with Gasteiger partial charge in [-0.05, 0) is 29.8 Å². The van der Waals surface area contributed by atoms with E-state index in [0.717, 1.165) is 22.6 Å². The van der Waals surface area contributed by atoms with Crippen molar-refractivity contribution >= 4 is 11.4 Å². The highest BCUT2D eigenvalue weighted by Crippen LogP contribution is 2.18. The smallest absolute Gasteiger partial charge is 0.181 e. The Kier molecular flexibility index (Phi) is 3.09. The van der Waals surface area contributed by atoms with Crippen molar-refractivity contribution in [3.8, 4) is 11.4 Å². The summed E-state index contributed by atoms with van der Waals surface area (Å²) in [6.45, 7) is 0. The van der Waals surface area contributed by atoms with Gasteiger partial charge in [0.2, 0.25) is 0 Å². The third-order valence-corrected chi connectivity index (χ3v) is 3.03. The van der Waals surface area contributed by atoms with Gasteiger partial charge >= 0.3 is 0 Å². The van der Waals surface area contributed by atoms with Crippen LogP contribution in [0.3, 0.4) is 0 Å². The summed E-state index contributed by atoms with van der Waals surface area (Å²) in [5.74, 6) is 1.47. The molecule has 0 aliphatic rings. The van der Waals surface area contributed by atoms with Gasteiger partial charge in [-0.2, -0.15) is 5.10 Å². The lowest BCUT2D eigenvalue weighted by atomic mass is 10.1. The molecule has 0 aliphatic heterocycles. The molecule has 100 valence electrons. The van der Waals surface area contributed by atoms with Crippen molar-refractivity contribution in [1.82, 2.24) is 15.2 Å². The molecule has 5 heteroatoms. The van der Waals surface area contributed by atoms with E-state index in [2.05, 4.69) is 15.2 Å². The molecule has 5 nitrogen and oxygen atoms in total. The van der Waals surface area contributed by atoms with E-state index in [1.54, 1.807) is 0 Å². The minimum Gasteiger partial charge on any atom is -0.399 e. The number of aromatic nitrogens is 3. The summed E-state index contributed by atoms with van der Waals surface area (Å²) in [5.41, 5.74) is 14.9. The molecule has 0 spiro atoms. The Morgan fingerprint density at radius 3 is 2.50 bits per heavy atom. The maximum atomic E-state index is 5.76. The molecule has 2 aromatic carbocycles. The van der Waals surface area contributed by atoms with Gasteiger partial charge in [0, 0.05) is 23.4 Å². The lowest BCUT2D eigenvalue weighted by Gasteiger charge is -1.98. The SMILES string of the molecule is Nc1ccc(Cc2nc(-c3cccc(N)c3)n[nH]2)cc1. The van der Waals surface area contributed by atoms with Gasteiger partial charge in [0.1, 0.15) is 5.82 Å². The number of aromatic amines is 1. The average molecular weight is 265 g/mol. The predicted molar refractivity (Wildman–Crippen MR) is 79.9 cm³/mol. The number of nitrogens with two attached hydrogens (primary N) is 2. The average Bonchev–Trinajstić information content (AvgIpc) is 2.90. The van der Waals surface area contributed by atoms with Gasteiger partial charge in [-0.1, -0.05) is 24.3 Å². The fourth-order valence-electron chi connectivity index (χ4n) is 2.01. The number of nitrogens with zero attached hydrogens (tertiary/aromatic N) is 2. The Morgan fingerprint density at radius 1 is 0.950 bits per heavy atom. The van der Waals surface area contributed by atoms with Gasteiger partial charge in [0.25, 0.3) is 0 Å². The maximum Gasteiger partial charge on any atom is 0.181 e. The third-order valence-electron chi connectivity index (χ3n) is 3.03. The summed E-state index contributed by atoms with van der Waals surface area (Å²) in [5, 5.41) is 7.18. The number of hydrogen-bond donors (Lipinski definition) is 3. The number of rotatable bonds is 3. The molecule has 1 aromatic heterocycles. The van der Waals surface area contributed by atoms with Crippen LogP contribution < -0.4 is 11.5 Å². The first-order valence-corrected chi connectivity index (χ1v) is 6.32. The molecule has 0 saturated heterocycles. The maximum absolute atomic E-state index is 5.76. The van der Waals surface area contributed by atoms with Gasteiger partial charge < -0.3 is 11.5 Å². The molecule has 0 aliphatic carbocycles. The lowest BCUT2D eigenvalue weighted by Crippen LogP contribution is -1.92. The molecule has 5 N–H and O–H groups in total. The van der Waals surface area contributed by atoms with Crippen LogP contribution in [0.5, 0.6) is 0 Å². The molecule has 0 fully saturated rings. The van der Waals surface area contributed by atoms with Crippen LogP contribution in [0, 0.1) is 0 Å². The van der Waals surface area contributed by atoms with Crippen LogP contribution in [-0.4, -0.2) is 15.2 Å². The molecule has 1 heterocycles. The van der Waals surface area contributed by atoms with E-state index in [1.807, 2.05) is 48.5 Å². The molecule has 0 unspecified atom stereocenters. The van der Waals surface area contributed by atoms with Gasteiger partial charge in [-0.3, -0.25) is 5.10 Å². The van der Waals surface area contributed by atoms with E-state index in [9.17, 15) is 0 Å². The molecule has 0 atom stereocenters. The van der Waals surface area contributed by atoms with Crippen LogP contribution in [0.2, 0.25) is 0 Å². The number of hydrogen-bond acceptors (Lipinski definition) is 4. The molecule has 3 aromatic rings. The molecular formula is C15H15N5. The van der Waals surface area contributed by atoms with Gasteiger partial charge in [0.05, 0.1) is 0 Å². The zero-order valence-corrected chi connectivity index (χ0v) is 10.9. The summed E-state index contributed by atoms with van der Waals surface area (Å²) in [6.07, 6.45) is 0.690. The second kappa shape index (κ2) is 5.05. The van der Waals surface area contributed by atoms with Crippen molar-refractivity contribution in [2.24, 2.45) is 0 Å². The zero-order chi connectivity index (χ0) is 13.9. The molecular weight excluding hydrogens is 250 g/mol. The van der Waals surface area contributed by atoms with Gasteiger partial charge in [0.15, 0.2) is 5.82 Å². The second-order valence-corrected chi connectivity index (χ2v) is 4.65. The first-order valence-electron chi connectivity index (χ1n) is 6.32. The largest absolute Gasteiger partial charge is 0.399 e. The standard InChI is InChI=1S/C15H15N5/c16-12-6-4-10(5-7-12)8-14-18-15(20-19-14)11-2-1-3-13(17)9-11/h1-7,9H,8,16-17H2,(H,18,19,20). The van der Waals surface area contributed by atoms with Crippen molar-refractivity contribution in [3.05, 3.63) is 59.9 Å².